The Morgan fingerprint density at radius 2 is 2.00 bits per heavy atom. The summed E-state index contributed by atoms with van der Waals surface area (Å²) in [6.07, 6.45) is 4.90. The molecule has 1 unspecified atom stereocenters. The number of carbonyl (C=O) groups is 1. The molecule has 6 heteroatoms. The molecule has 1 aromatic carbocycles. The van der Waals surface area contributed by atoms with Crippen molar-refractivity contribution in [1.82, 2.24) is 14.8 Å². The number of amides is 1. The second-order valence-corrected chi connectivity index (χ2v) is 8.38. The van der Waals surface area contributed by atoms with Gasteiger partial charge in [0.25, 0.3) is 0 Å². The Morgan fingerprint density at radius 3 is 2.77 bits per heavy atom. The van der Waals surface area contributed by atoms with E-state index in [1.807, 2.05) is 36.2 Å². The van der Waals surface area contributed by atoms with Gasteiger partial charge in [0.05, 0.1) is 26.4 Å². The third-order valence-corrected chi connectivity index (χ3v) is 6.17. The summed E-state index contributed by atoms with van der Waals surface area (Å²) in [4.78, 5) is 21.8. The van der Waals surface area contributed by atoms with Crippen LogP contribution >= 0.6 is 0 Å². The quantitative estimate of drug-likeness (QED) is 0.685. The molecule has 6 nitrogen and oxygen atoms in total. The first-order chi connectivity index (χ1) is 15.2. The summed E-state index contributed by atoms with van der Waals surface area (Å²) >= 11 is 0. The molecule has 0 spiro atoms. The van der Waals surface area contributed by atoms with E-state index in [0.29, 0.717) is 19.1 Å². The van der Waals surface area contributed by atoms with E-state index in [2.05, 4.69) is 23.1 Å². The Hall–Kier alpha value is -2.44. The SMILES string of the molecule is CCOc1ccccc1Cc1ccc(C2CCCN(C(=O)CN3CCOCC3)C2)nc1. The van der Waals surface area contributed by atoms with Crippen molar-refractivity contribution in [3.05, 3.63) is 59.4 Å². The first-order valence-corrected chi connectivity index (χ1v) is 11.5. The van der Waals surface area contributed by atoms with Gasteiger partial charge < -0.3 is 14.4 Å². The van der Waals surface area contributed by atoms with Crippen molar-refractivity contribution in [2.24, 2.45) is 0 Å². The highest BCUT2D eigenvalue weighted by Crippen LogP contribution is 2.27. The maximum atomic E-state index is 12.8. The molecule has 0 N–H and O–H groups in total. The van der Waals surface area contributed by atoms with Crippen molar-refractivity contribution in [1.29, 1.82) is 0 Å². The lowest BCUT2D eigenvalue weighted by Crippen LogP contribution is -2.47. The number of aromatic nitrogens is 1. The number of piperidine rings is 1. The normalized spacial score (nSPS) is 19.9. The molecule has 2 fully saturated rings. The average Bonchev–Trinajstić information content (AvgIpc) is 2.82. The van der Waals surface area contributed by atoms with Crippen molar-refractivity contribution < 1.29 is 14.3 Å². The van der Waals surface area contributed by atoms with Gasteiger partial charge in [-0.3, -0.25) is 14.7 Å². The standard InChI is InChI=1S/C25H33N3O3/c1-2-31-24-8-4-3-6-21(24)16-20-9-10-23(26-17-20)22-7-5-11-28(18-22)25(29)19-27-12-14-30-15-13-27/h3-4,6,8-10,17,22H,2,5,7,11-16,18-19H2,1H3. The van der Waals surface area contributed by atoms with Crippen LogP contribution in [0.4, 0.5) is 0 Å². The van der Waals surface area contributed by atoms with Crippen LogP contribution in [0.2, 0.25) is 0 Å². The minimum absolute atomic E-state index is 0.232. The number of ether oxygens (including phenoxy) is 2. The highest BCUT2D eigenvalue weighted by molar-refractivity contribution is 5.78. The molecule has 1 amide bonds. The molecular weight excluding hydrogens is 390 g/mol. The van der Waals surface area contributed by atoms with E-state index >= 15 is 0 Å². The Kier molecular flexibility index (Phi) is 7.54. The molecule has 2 aliphatic heterocycles. The second kappa shape index (κ2) is 10.7. The van der Waals surface area contributed by atoms with Gasteiger partial charge in [-0.05, 0) is 43.0 Å². The fourth-order valence-electron chi connectivity index (χ4n) is 4.44. The molecule has 166 valence electrons. The van der Waals surface area contributed by atoms with E-state index < -0.39 is 0 Å². The fraction of sp³-hybridized carbons (Fsp3) is 0.520. The van der Waals surface area contributed by atoms with Gasteiger partial charge in [-0.2, -0.15) is 0 Å². The van der Waals surface area contributed by atoms with Gasteiger partial charge in [0.15, 0.2) is 0 Å². The second-order valence-electron chi connectivity index (χ2n) is 8.38. The molecule has 2 aromatic rings. The molecule has 0 radical (unpaired) electrons. The number of rotatable bonds is 7. The van der Waals surface area contributed by atoms with E-state index in [9.17, 15) is 4.79 Å². The molecule has 2 saturated heterocycles. The van der Waals surface area contributed by atoms with Crippen molar-refractivity contribution in [3.63, 3.8) is 0 Å². The minimum Gasteiger partial charge on any atom is -0.494 e. The highest BCUT2D eigenvalue weighted by Gasteiger charge is 2.27. The Balaban J connectivity index is 1.35. The van der Waals surface area contributed by atoms with E-state index in [0.717, 1.165) is 70.1 Å². The zero-order chi connectivity index (χ0) is 21.5. The molecule has 0 bridgehead atoms. The number of pyridine rings is 1. The summed E-state index contributed by atoms with van der Waals surface area (Å²) in [5.74, 6) is 1.48. The van der Waals surface area contributed by atoms with E-state index in [1.165, 1.54) is 11.1 Å². The van der Waals surface area contributed by atoms with Gasteiger partial charge in [0.2, 0.25) is 5.91 Å². The first kappa shape index (κ1) is 21.8. The van der Waals surface area contributed by atoms with Crippen molar-refractivity contribution in [2.45, 2.75) is 32.1 Å². The molecule has 0 saturated carbocycles. The largest absolute Gasteiger partial charge is 0.494 e. The summed E-state index contributed by atoms with van der Waals surface area (Å²) in [5.41, 5.74) is 3.44. The monoisotopic (exact) mass is 423 g/mol. The van der Waals surface area contributed by atoms with Gasteiger partial charge in [-0.25, -0.2) is 0 Å². The van der Waals surface area contributed by atoms with Gasteiger partial charge in [-0.15, -0.1) is 0 Å². The van der Waals surface area contributed by atoms with Crippen LogP contribution in [0, 0.1) is 0 Å². The number of para-hydroxylation sites is 1. The Bertz CT molecular complexity index is 849. The maximum Gasteiger partial charge on any atom is 0.236 e. The molecule has 1 aromatic heterocycles. The van der Waals surface area contributed by atoms with Crippen LogP contribution < -0.4 is 4.74 Å². The number of nitrogens with zero attached hydrogens (tertiary/aromatic N) is 3. The summed E-state index contributed by atoms with van der Waals surface area (Å²) < 4.78 is 11.1. The van der Waals surface area contributed by atoms with Gasteiger partial charge in [-0.1, -0.05) is 24.3 Å². The fourth-order valence-corrected chi connectivity index (χ4v) is 4.44. The average molecular weight is 424 g/mol. The highest BCUT2D eigenvalue weighted by atomic mass is 16.5. The predicted octanol–water partition coefficient (Wildman–Crippen LogP) is 3.11. The maximum absolute atomic E-state index is 12.8. The predicted molar refractivity (Wildman–Crippen MR) is 120 cm³/mol. The Morgan fingerprint density at radius 1 is 1.16 bits per heavy atom. The van der Waals surface area contributed by atoms with Crippen molar-refractivity contribution >= 4 is 5.91 Å². The van der Waals surface area contributed by atoms with E-state index in [-0.39, 0.29) is 5.91 Å². The molecule has 2 aliphatic rings. The third kappa shape index (κ3) is 5.83. The van der Waals surface area contributed by atoms with Crippen LogP contribution in [-0.2, 0) is 16.0 Å². The molecule has 0 aliphatic carbocycles. The molecule has 3 heterocycles. The van der Waals surface area contributed by atoms with Crippen LogP contribution in [0.1, 0.15) is 42.5 Å². The smallest absolute Gasteiger partial charge is 0.236 e. The summed E-state index contributed by atoms with van der Waals surface area (Å²) in [6.45, 7) is 7.93. The number of carbonyl (C=O) groups excluding carboxylic acids is 1. The van der Waals surface area contributed by atoms with Crippen LogP contribution in [-0.4, -0.2) is 73.2 Å². The lowest BCUT2D eigenvalue weighted by Gasteiger charge is -2.35. The summed E-state index contributed by atoms with van der Waals surface area (Å²) in [6, 6.07) is 12.5. The van der Waals surface area contributed by atoms with Crippen molar-refractivity contribution in [2.75, 3.05) is 52.5 Å². The van der Waals surface area contributed by atoms with Crippen LogP contribution in [0.3, 0.4) is 0 Å². The van der Waals surface area contributed by atoms with E-state index in [1.54, 1.807) is 0 Å². The number of hydrogen-bond acceptors (Lipinski definition) is 5. The molecular formula is C25H33N3O3. The number of hydrogen-bond donors (Lipinski definition) is 0. The topological polar surface area (TPSA) is 54.9 Å². The van der Waals surface area contributed by atoms with Gasteiger partial charge in [0, 0.05) is 50.4 Å². The summed E-state index contributed by atoms with van der Waals surface area (Å²) in [7, 11) is 0. The zero-order valence-corrected chi connectivity index (χ0v) is 18.5. The van der Waals surface area contributed by atoms with Gasteiger partial charge >= 0.3 is 0 Å². The summed E-state index contributed by atoms with van der Waals surface area (Å²) in [5, 5.41) is 0. The lowest BCUT2D eigenvalue weighted by molar-refractivity contribution is -0.134. The Labute approximate surface area is 185 Å². The van der Waals surface area contributed by atoms with E-state index in [4.69, 9.17) is 14.5 Å². The molecule has 4 rings (SSSR count). The van der Waals surface area contributed by atoms with Crippen LogP contribution in [0.15, 0.2) is 42.6 Å². The number of benzene rings is 1. The number of likely N-dealkylation sites (tertiary alicyclic amines) is 1. The molecule has 31 heavy (non-hydrogen) atoms. The van der Waals surface area contributed by atoms with Gasteiger partial charge in [0.1, 0.15) is 5.75 Å². The zero-order valence-electron chi connectivity index (χ0n) is 18.5. The first-order valence-electron chi connectivity index (χ1n) is 11.5. The van der Waals surface area contributed by atoms with Crippen molar-refractivity contribution in [3.8, 4) is 5.75 Å². The number of morpholine rings is 1. The van der Waals surface area contributed by atoms with Crippen LogP contribution in [0.25, 0.3) is 0 Å². The lowest BCUT2D eigenvalue weighted by atomic mass is 9.93. The molecule has 1 atom stereocenters. The minimum atomic E-state index is 0.232. The van der Waals surface area contributed by atoms with Crippen LogP contribution in [0.5, 0.6) is 5.75 Å². The third-order valence-electron chi connectivity index (χ3n) is 6.17.